The minimum atomic E-state index is -0.181. The Morgan fingerprint density at radius 3 is 1.86 bits per heavy atom. The van der Waals surface area contributed by atoms with E-state index in [-0.39, 0.29) is 10.5 Å². The first kappa shape index (κ1) is 6.80. The van der Waals surface area contributed by atoms with E-state index >= 15 is 0 Å². The van der Waals surface area contributed by atoms with Crippen LogP contribution in [0.25, 0.3) is 0 Å². The molecule has 0 aromatic rings. The monoisotopic (exact) mass is 106 g/mol. The molecule has 0 amide bonds. The molecule has 0 saturated carbocycles. The van der Waals surface area contributed by atoms with Gasteiger partial charge in [0.05, 0.1) is 7.11 Å². The average molecular weight is 106 g/mol. The molecule has 0 fully saturated rings. The van der Waals surface area contributed by atoms with Gasteiger partial charge in [0.15, 0.2) is 0 Å². The van der Waals surface area contributed by atoms with E-state index in [4.69, 9.17) is 0 Å². The molecule has 0 spiro atoms. The van der Waals surface area contributed by atoms with Crippen LogP contribution in [0.15, 0.2) is 0 Å². The zero-order valence-electron chi connectivity index (χ0n) is 4.12. The van der Waals surface area contributed by atoms with Gasteiger partial charge < -0.3 is 20.4 Å². The Labute approximate surface area is 41.2 Å². The fourth-order valence-corrected chi connectivity index (χ4v) is 0.115. The van der Waals surface area contributed by atoms with E-state index in [0.717, 1.165) is 14.2 Å². The molecule has 0 heterocycles. The van der Waals surface area contributed by atoms with Gasteiger partial charge in [0, 0.05) is 0 Å². The number of hydrogen-bond acceptors (Lipinski definition) is 5. The standard InChI is InChI=1S/C2H6N2O3/c1-3(5)4(6)7-2/h1-2H3/q-2. The maximum absolute atomic E-state index is 9.82. The lowest BCUT2D eigenvalue weighted by Gasteiger charge is -2.38. The Balaban J connectivity index is 3.14. The lowest BCUT2D eigenvalue weighted by molar-refractivity contribution is -0.200. The molecule has 0 aliphatic carbocycles. The molecule has 5 nitrogen and oxygen atoms in total. The number of hydrogen-bond donors (Lipinski definition) is 0. The van der Waals surface area contributed by atoms with Gasteiger partial charge in [0.2, 0.25) is 0 Å². The van der Waals surface area contributed by atoms with Crippen LogP contribution in [0.2, 0.25) is 0 Å². The average Bonchev–Trinajstić information content (AvgIpc) is 1.65. The minimum Gasteiger partial charge on any atom is -0.771 e. The quantitative estimate of drug-likeness (QED) is 0.452. The third-order valence-electron chi connectivity index (χ3n) is 0.386. The SMILES string of the molecule is CON([O-])N(C)[O-]. The molecule has 0 atom stereocenters. The maximum atomic E-state index is 9.82. The summed E-state index contributed by atoms with van der Waals surface area (Å²) in [7, 11) is 2.15. The zero-order valence-corrected chi connectivity index (χ0v) is 4.12. The van der Waals surface area contributed by atoms with Crippen molar-refractivity contribution in [2.45, 2.75) is 0 Å². The second-order valence-electron chi connectivity index (χ2n) is 0.885. The molecule has 0 saturated heterocycles. The van der Waals surface area contributed by atoms with Gasteiger partial charge in [0.1, 0.15) is 0 Å². The van der Waals surface area contributed by atoms with E-state index in [1.165, 1.54) is 0 Å². The molecule has 0 aliphatic rings. The summed E-state index contributed by atoms with van der Waals surface area (Å²) < 4.78 is 0. The van der Waals surface area contributed by atoms with Gasteiger partial charge in [-0.05, 0) is 7.05 Å². The highest BCUT2D eigenvalue weighted by atomic mass is 17.0. The smallest absolute Gasteiger partial charge is 0.0579 e. The highest BCUT2D eigenvalue weighted by Gasteiger charge is 1.77. The van der Waals surface area contributed by atoms with Crippen molar-refractivity contribution >= 4 is 0 Å². The third-order valence-corrected chi connectivity index (χ3v) is 0.386. The highest BCUT2D eigenvalue weighted by molar-refractivity contribution is 4.36. The summed E-state index contributed by atoms with van der Waals surface area (Å²) in [6, 6.07) is 0. The Morgan fingerprint density at radius 2 is 1.86 bits per heavy atom. The van der Waals surface area contributed by atoms with Crippen LogP contribution in [0.4, 0.5) is 0 Å². The maximum Gasteiger partial charge on any atom is 0.0579 e. The van der Waals surface area contributed by atoms with Gasteiger partial charge in [-0.1, -0.05) is 0 Å². The molecule has 0 aromatic heterocycles. The lowest BCUT2D eigenvalue weighted by atomic mass is 11.5. The molecule has 5 heteroatoms. The lowest BCUT2D eigenvalue weighted by Crippen LogP contribution is -2.28. The van der Waals surface area contributed by atoms with E-state index in [1.54, 1.807) is 0 Å². The Hall–Kier alpha value is -0.200. The van der Waals surface area contributed by atoms with E-state index in [2.05, 4.69) is 4.84 Å². The summed E-state index contributed by atoms with van der Waals surface area (Å²) in [5, 5.41) is 19.4. The molecular formula is C2H6N2O3-2. The van der Waals surface area contributed by atoms with Crippen molar-refractivity contribution in [2.24, 2.45) is 0 Å². The number of nitrogens with zero attached hydrogens (tertiary/aromatic N) is 2. The summed E-state index contributed by atoms with van der Waals surface area (Å²) in [6.45, 7) is 0. The van der Waals surface area contributed by atoms with Crippen molar-refractivity contribution in [3.63, 3.8) is 0 Å². The van der Waals surface area contributed by atoms with Crippen LogP contribution in [-0.4, -0.2) is 24.7 Å². The number of hydrazine groups is 1. The molecule has 0 bridgehead atoms. The first-order valence-electron chi connectivity index (χ1n) is 1.60. The summed E-state index contributed by atoms with van der Waals surface area (Å²) in [6.07, 6.45) is 0. The first-order valence-corrected chi connectivity index (χ1v) is 1.60. The van der Waals surface area contributed by atoms with Gasteiger partial charge >= 0.3 is 0 Å². The van der Waals surface area contributed by atoms with E-state index < -0.39 is 0 Å². The van der Waals surface area contributed by atoms with E-state index in [1.807, 2.05) is 0 Å². The summed E-state index contributed by atoms with van der Waals surface area (Å²) >= 11 is 0. The fraction of sp³-hybridized carbons (Fsp3) is 1.00. The third kappa shape index (κ3) is 2.49. The molecule has 0 aromatic carbocycles. The first-order chi connectivity index (χ1) is 3.18. The molecule has 0 unspecified atom stereocenters. The van der Waals surface area contributed by atoms with Gasteiger partial charge in [-0.2, -0.15) is 0 Å². The Kier molecular flexibility index (Phi) is 2.81. The van der Waals surface area contributed by atoms with Crippen molar-refractivity contribution in [2.75, 3.05) is 14.2 Å². The second kappa shape index (κ2) is 2.89. The van der Waals surface area contributed by atoms with Crippen LogP contribution in [0.5, 0.6) is 0 Å². The molecule has 44 valence electrons. The topological polar surface area (TPSA) is 61.8 Å². The molecule has 0 N–H and O–H groups in total. The summed E-state index contributed by atoms with van der Waals surface area (Å²) in [4.78, 5) is 3.90. The van der Waals surface area contributed by atoms with Gasteiger partial charge in [-0.25, -0.2) is 5.34 Å². The zero-order chi connectivity index (χ0) is 5.86. The highest BCUT2D eigenvalue weighted by Crippen LogP contribution is 1.84. The van der Waals surface area contributed by atoms with E-state index in [9.17, 15) is 10.4 Å². The molecule has 0 aliphatic heterocycles. The fourth-order valence-electron chi connectivity index (χ4n) is 0.115. The molecule has 0 radical (unpaired) electrons. The molecule has 0 rings (SSSR count). The minimum absolute atomic E-state index is 0.0278. The van der Waals surface area contributed by atoms with Crippen LogP contribution < -0.4 is 0 Å². The molecular weight excluding hydrogens is 100 g/mol. The van der Waals surface area contributed by atoms with Gasteiger partial charge in [-0.15, -0.1) is 0 Å². The second-order valence-corrected chi connectivity index (χ2v) is 0.885. The van der Waals surface area contributed by atoms with Gasteiger partial charge in [0.25, 0.3) is 0 Å². The van der Waals surface area contributed by atoms with Crippen LogP contribution in [0, 0.1) is 10.4 Å². The predicted molar refractivity (Wildman–Crippen MR) is 23.3 cm³/mol. The Morgan fingerprint density at radius 1 is 1.43 bits per heavy atom. The van der Waals surface area contributed by atoms with Crippen LogP contribution in [0.1, 0.15) is 0 Å². The van der Waals surface area contributed by atoms with Crippen molar-refractivity contribution in [3.05, 3.63) is 10.4 Å². The number of rotatable bonds is 2. The Bertz CT molecular complexity index is 48.2. The van der Waals surface area contributed by atoms with E-state index in [0.29, 0.717) is 0 Å². The molecule has 7 heavy (non-hydrogen) atoms. The van der Waals surface area contributed by atoms with Crippen molar-refractivity contribution in [1.82, 2.24) is 10.5 Å². The number of hydroxylamine groups is 1. The van der Waals surface area contributed by atoms with Gasteiger partial charge in [-0.3, -0.25) is 0 Å². The van der Waals surface area contributed by atoms with Crippen LogP contribution >= 0.6 is 0 Å². The normalized spacial score (nSPS) is 11.1. The van der Waals surface area contributed by atoms with Crippen LogP contribution in [-0.2, 0) is 4.84 Å². The summed E-state index contributed by atoms with van der Waals surface area (Å²) in [5.41, 5.74) is 0. The van der Waals surface area contributed by atoms with Crippen LogP contribution in [0.3, 0.4) is 0 Å². The van der Waals surface area contributed by atoms with Crippen molar-refractivity contribution in [1.29, 1.82) is 0 Å². The van der Waals surface area contributed by atoms with Crippen molar-refractivity contribution in [3.8, 4) is 0 Å². The largest absolute Gasteiger partial charge is 0.771 e. The predicted octanol–water partition coefficient (Wildman–Crippen LogP) is -0.308. The summed E-state index contributed by atoms with van der Waals surface area (Å²) in [5.74, 6) is 0. The van der Waals surface area contributed by atoms with Crippen molar-refractivity contribution < 1.29 is 4.84 Å².